The number of thiophene rings is 1. The second kappa shape index (κ2) is 6.13. The van der Waals surface area contributed by atoms with E-state index < -0.39 is 0 Å². The molecule has 2 aromatic rings. The number of likely N-dealkylation sites (N-methyl/N-ethyl adjacent to an activating group) is 1. The van der Waals surface area contributed by atoms with Crippen molar-refractivity contribution in [2.24, 2.45) is 0 Å². The zero-order valence-corrected chi connectivity index (χ0v) is 12.4. The molecular formula is C16H19NOS. The second-order valence-corrected chi connectivity index (χ2v) is 5.87. The fourth-order valence-electron chi connectivity index (χ4n) is 1.94. The van der Waals surface area contributed by atoms with E-state index in [1.807, 2.05) is 44.3 Å². The van der Waals surface area contributed by atoms with E-state index in [1.165, 1.54) is 10.4 Å². The third-order valence-corrected chi connectivity index (χ3v) is 4.43. The lowest BCUT2D eigenvalue weighted by Crippen LogP contribution is -2.28. The topological polar surface area (TPSA) is 20.3 Å². The van der Waals surface area contributed by atoms with Crippen LogP contribution in [0.4, 0.5) is 0 Å². The number of benzene rings is 1. The van der Waals surface area contributed by atoms with Crippen LogP contribution in [0.5, 0.6) is 0 Å². The third kappa shape index (κ3) is 3.52. The molecule has 2 rings (SSSR count). The highest BCUT2D eigenvalue weighted by atomic mass is 32.1. The number of hydrogen-bond acceptors (Lipinski definition) is 3. The molecule has 100 valence electrons. The summed E-state index contributed by atoms with van der Waals surface area (Å²) in [6, 6.07) is 12.2. The molecule has 0 saturated heterocycles. The predicted octanol–water partition coefficient (Wildman–Crippen LogP) is 3.93. The van der Waals surface area contributed by atoms with Crippen molar-refractivity contribution in [1.82, 2.24) is 4.90 Å². The van der Waals surface area contributed by atoms with Crippen LogP contribution in [0.3, 0.4) is 0 Å². The molecule has 0 spiro atoms. The number of Topliss-reactive ketones (excluding diaryl/α,β-unsaturated/α-hetero) is 1. The van der Waals surface area contributed by atoms with Crippen molar-refractivity contribution >= 4 is 17.1 Å². The number of aryl methyl sites for hydroxylation is 1. The van der Waals surface area contributed by atoms with E-state index in [4.69, 9.17) is 0 Å². The van der Waals surface area contributed by atoms with Crippen LogP contribution in [-0.2, 0) is 0 Å². The van der Waals surface area contributed by atoms with Crippen molar-refractivity contribution in [3.05, 3.63) is 57.8 Å². The highest BCUT2D eigenvalue weighted by Gasteiger charge is 2.16. The Kier molecular flexibility index (Phi) is 4.51. The van der Waals surface area contributed by atoms with Crippen LogP contribution in [0.25, 0.3) is 0 Å². The lowest BCUT2D eigenvalue weighted by molar-refractivity contribution is 0.0926. The van der Waals surface area contributed by atoms with Gasteiger partial charge in [0, 0.05) is 16.5 Å². The van der Waals surface area contributed by atoms with E-state index in [0.717, 1.165) is 5.56 Å². The molecule has 0 bridgehead atoms. The fraction of sp³-hybridized carbons (Fsp3) is 0.312. The van der Waals surface area contributed by atoms with E-state index in [0.29, 0.717) is 6.54 Å². The molecule has 0 saturated carbocycles. The van der Waals surface area contributed by atoms with Crippen LogP contribution in [0, 0.1) is 6.92 Å². The average molecular weight is 273 g/mol. The largest absolute Gasteiger partial charge is 0.293 e. The summed E-state index contributed by atoms with van der Waals surface area (Å²) >= 11 is 1.73. The standard InChI is InChI=1S/C16H19NOS/c1-12-6-8-14(9-7-12)15(18)11-17(3)13(2)16-5-4-10-19-16/h4-10,13H,11H2,1-3H3. The highest BCUT2D eigenvalue weighted by molar-refractivity contribution is 7.10. The molecule has 1 atom stereocenters. The van der Waals surface area contributed by atoms with Crippen LogP contribution in [0.1, 0.15) is 33.8 Å². The Balaban J connectivity index is 2.00. The van der Waals surface area contributed by atoms with E-state index in [1.54, 1.807) is 11.3 Å². The summed E-state index contributed by atoms with van der Waals surface area (Å²) in [4.78, 5) is 15.6. The molecule has 1 heterocycles. The van der Waals surface area contributed by atoms with Gasteiger partial charge in [0.05, 0.1) is 6.54 Å². The molecule has 0 radical (unpaired) electrons. The predicted molar refractivity (Wildman–Crippen MR) is 80.9 cm³/mol. The lowest BCUT2D eigenvalue weighted by Gasteiger charge is -2.23. The van der Waals surface area contributed by atoms with Crippen molar-refractivity contribution < 1.29 is 4.79 Å². The third-order valence-electron chi connectivity index (χ3n) is 3.38. The van der Waals surface area contributed by atoms with Gasteiger partial charge in [0.25, 0.3) is 0 Å². The Labute approximate surface area is 118 Å². The number of hydrogen-bond donors (Lipinski definition) is 0. The van der Waals surface area contributed by atoms with E-state index in [9.17, 15) is 4.79 Å². The normalized spacial score (nSPS) is 12.6. The van der Waals surface area contributed by atoms with Crippen LogP contribution >= 0.6 is 11.3 Å². The lowest BCUT2D eigenvalue weighted by atomic mass is 10.1. The van der Waals surface area contributed by atoms with Gasteiger partial charge in [-0.2, -0.15) is 0 Å². The van der Waals surface area contributed by atoms with Gasteiger partial charge in [-0.15, -0.1) is 11.3 Å². The Morgan fingerprint density at radius 3 is 2.53 bits per heavy atom. The first kappa shape index (κ1) is 14.0. The molecule has 2 nitrogen and oxygen atoms in total. The molecule has 0 aliphatic carbocycles. The summed E-state index contributed by atoms with van der Waals surface area (Å²) in [5.41, 5.74) is 1.97. The van der Waals surface area contributed by atoms with E-state index >= 15 is 0 Å². The van der Waals surface area contributed by atoms with Gasteiger partial charge >= 0.3 is 0 Å². The second-order valence-electron chi connectivity index (χ2n) is 4.90. The summed E-state index contributed by atoms with van der Waals surface area (Å²) < 4.78 is 0. The van der Waals surface area contributed by atoms with Crippen LogP contribution in [0.2, 0.25) is 0 Å². The minimum Gasteiger partial charge on any atom is -0.293 e. The summed E-state index contributed by atoms with van der Waals surface area (Å²) in [5, 5.41) is 2.07. The first-order valence-electron chi connectivity index (χ1n) is 6.41. The van der Waals surface area contributed by atoms with Crippen molar-refractivity contribution in [2.45, 2.75) is 19.9 Å². The number of carbonyl (C=O) groups excluding carboxylic acids is 1. The van der Waals surface area contributed by atoms with Gasteiger partial charge < -0.3 is 0 Å². The molecule has 3 heteroatoms. The summed E-state index contributed by atoms with van der Waals surface area (Å²) in [6.45, 7) is 4.61. The molecule has 1 unspecified atom stereocenters. The van der Waals surface area contributed by atoms with Crippen molar-refractivity contribution in [3.8, 4) is 0 Å². The Morgan fingerprint density at radius 1 is 1.26 bits per heavy atom. The molecule has 0 aliphatic heterocycles. The maximum absolute atomic E-state index is 12.2. The van der Waals surface area contributed by atoms with Crippen LogP contribution in [0.15, 0.2) is 41.8 Å². The quantitative estimate of drug-likeness (QED) is 0.769. The van der Waals surface area contributed by atoms with Crippen LogP contribution in [-0.4, -0.2) is 24.3 Å². The fourth-order valence-corrected chi connectivity index (χ4v) is 2.79. The summed E-state index contributed by atoms with van der Waals surface area (Å²) in [5.74, 6) is 0.172. The van der Waals surface area contributed by atoms with Gasteiger partial charge in [-0.25, -0.2) is 0 Å². The molecule has 1 aromatic carbocycles. The molecular weight excluding hydrogens is 254 g/mol. The maximum Gasteiger partial charge on any atom is 0.176 e. The van der Waals surface area contributed by atoms with E-state index in [2.05, 4.69) is 23.3 Å². The molecule has 0 aliphatic rings. The smallest absolute Gasteiger partial charge is 0.176 e. The molecule has 19 heavy (non-hydrogen) atoms. The average Bonchev–Trinajstić information content (AvgIpc) is 2.92. The molecule has 0 N–H and O–H groups in total. The van der Waals surface area contributed by atoms with Gasteiger partial charge in [-0.3, -0.25) is 9.69 Å². The van der Waals surface area contributed by atoms with Crippen molar-refractivity contribution in [1.29, 1.82) is 0 Å². The van der Waals surface area contributed by atoms with Gasteiger partial charge in [0.1, 0.15) is 0 Å². The highest BCUT2D eigenvalue weighted by Crippen LogP contribution is 2.23. The minimum atomic E-state index is 0.172. The van der Waals surface area contributed by atoms with Gasteiger partial charge in [0.15, 0.2) is 5.78 Å². The first-order chi connectivity index (χ1) is 9.08. The van der Waals surface area contributed by atoms with Crippen molar-refractivity contribution in [2.75, 3.05) is 13.6 Å². The monoisotopic (exact) mass is 273 g/mol. The maximum atomic E-state index is 12.2. The Bertz CT molecular complexity index is 530. The number of ketones is 1. The molecule has 1 aromatic heterocycles. The SMILES string of the molecule is Cc1ccc(C(=O)CN(C)C(C)c2cccs2)cc1. The zero-order chi connectivity index (χ0) is 13.8. The van der Waals surface area contributed by atoms with Crippen LogP contribution < -0.4 is 0 Å². The first-order valence-corrected chi connectivity index (χ1v) is 7.29. The summed E-state index contributed by atoms with van der Waals surface area (Å²) in [7, 11) is 2.00. The summed E-state index contributed by atoms with van der Waals surface area (Å²) in [6.07, 6.45) is 0. The number of rotatable bonds is 5. The van der Waals surface area contributed by atoms with Gasteiger partial charge in [-0.05, 0) is 32.3 Å². The molecule has 0 fully saturated rings. The van der Waals surface area contributed by atoms with Gasteiger partial charge in [-0.1, -0.05) is 35.9 Å². The zero-order valence-electron chi connectivity index (χ0n) is 11.6. The van der Waals surface area contributed by atoms with Crippen molar-refractivity contribution in [3.63, 3.8) is 0 Å². The number of nitrogens with zero attached hydrogens (tertiary/aromatic N) is 1. The number of carbonyl (C=O) groups is 1. The minimum absolute atomic E-state index is 0.172. The molecule has 0 amide bonds. The Hall–Kier alpha value is -1.45. The van der Waals surface area contributed by atoms with Gasteiger partial charge in [0.2, 0.25) is 0 Å². The Morgan fingerprint density at radius 2 is 1.95 bits per heavy atom. The van der Waals surface area contributed by atoms with E-state index in [-0.39, 0.29) is 11.8 Å².